The number of amides is 1. The third-order valence-electron chi connectivity index (χ3n) is 3.11. The molecule has 104 valence electrons. The second-order valence-corrected chi connectivity index (χ2v) is 4.47. The zero-order valence-corrected chi connectivity index (χ0v) is 11.0. The third-order valence-corrected chi connectivity index (χ3v) is 3.11. The zero-order chi connectivity index (χ0) is 13.7. The molecule has 1 aromatic rings. The van der Waals surface area contributed by atoms with Crippen molar-refractivity contribution in [2.24, 2.45) is 0 Å². The standard InChI is InChI=1S/C14H19NO4/c1-2-18-10-13(16)15-12(9-19-14(15)17)8-11-6-4-3-5-7-11/h3-7,12-13,16H,2,8-10H2,1H3. The van der Waals surface area contributed by atoms with Gasteiger partial charge >= 0.3 is 6.09 Å². The highest BCUT2D eigenvalue weighted by Crippen LogP contribution is 2.19. The van der Waals surface area contributed by atoms with Gasteiger partial charge in [-0.05, 0) is 18.9 Å². The lowest BCUT2D eigenvalue weighted by Crippen LogP contribution is -2.45. The van der Waals surface area contributed by atoms with E-state index in [4.69, 9.17) is 9.47 Å². The highest BCUT2D eigenvalue weighted by atomic mass is 16.6. The fraction of sp³-hybridized carbons (Fsp3) is 0.500. The maximum absolute atomic E-state index is 11.7. The van der Waals surface area contributed by atoms with Crippen LogP contribution in [0.5, 0.6) is 0 Å². The first kappa shape index (κ1) is 13.8. The quantitative estimate of drug-likeness (QED) is 0.844. The Morgan fingerprint density at radius 2 is 2.21 bits per heavy atom. The number of carbonyl (C=O) groups excluding carboxylic acids is 1. The van der Waals surface area contributed by atoms with E-state index < -0.39 is 12.3 Å². The van der Waals surface area contributed by atoms with Crippen molar-refractivity contribution in [3.8, 4) is 0 Å². The van der Waals surface area contributed by atoms with E-state index >= 15 is 0 Å². The molecule has 5 nitrogen and oxygen atoms in total. The number of ether oxygens (including phenoxy) is 2. The molecule has 2 rings (SSSR count). The van der Waals surface area contributed by atoms with Crippen LogP contribution in [0.2, 0.25) is 0 Å². The van der Waals surface area contributed by atoms with Crippen LogP contribution in [0.4, 0.5) is 4.79 Å². The number of hydrogen-bond acceptors (Lipinski definition) is 4. The van der Waals surface area contributed by atoms with E-state index in [1.54, 1.807) is 0 Å². The summed E-state index contributed by atoms with van der Waals surface area (Å²) in [5, 5.41) is 10.00. The van der Waals surface area contributed by atoms with Crippen molar-refractivity contribution in [2.75, 3.05) is 19.8 Å². The van der Waals surface area contributed by atoms with Crippen molar-refractivity contribution in [2.45, 2.75) is 25.6 Å². The van der Waals surface area contributed by atoms with Crippen molar-refractivity contribution in [1.82, 2.24) is 4.90 Å². The molecule has 1 saturated heterocycles. The molecule has 1 aliphatic rings. The smallest absolute Gasteiger partial charge is 0.412 e. The second-order valence-electron chi connectivity index (χ2n) is 4.47. The highest BCUT2D eigenvalue weighted by molar-refractivity contribution is 5.70. The van der Waals surface area contributed by atoms with Crippen LogP contribution in [0.25, 0.3) is 0 Å². The normalized spacial score (nSPS) is 20.4. The molecule has 2 unspecified atom stereocenters. The fourth-order valence-corrected chi connectivity index (χ4v) is 2.18. The van der Waals surface area contributed by atoms with E-state index in [9.17, 15) is 9.90 Å². The van der Waals surface area contributed by atoms with Gasteiger partial charge in [-0.2, -0.15) is 0 Å². The Morgan fingerprint density at radius 1 is 1.47 bits per heavy atom. The monoisotopic (exact) mass is 265 g/mol. The Bertz CT molecular complexity index is 409. The van der Waals surface area contributed by atoms with E-state index in [2.05, 4.69) is 0 Å². The molecule has 0 radical (unpaired) electrons. The minimum atomic E-state index is -0.955. The van der Waals surface area contributed by atoms with Crippen molar-refractivity contribution in [3.05, 3.63) is 35.9 Å². The lowest BCUT2D eigenvalue weighted by atomic mass is 10.1. The van der Waals surface area contributed by atoms with Gasteiger partial charge in [0.15, 0.2) is 6.23 Å². The summed E-state index contributed by atoms with van der Waals surface area (Å²) >= 11 is 0. The number of cyclic esters (lactones) is 1. The number of benzene rings is 1. The number of aliphatic hydroxyl groups is 1. The van der Waals surface area contributed by atoms with Gasteiger partial charge < -0.3 is 14.6 Å². The van der Waals surface area contributed by atoms with E-state index in [-0.39, 0.29) is 12.6 Å². The highest BCUT2D eigenvalue weighted by Gasteiger charge is 2.37. The SMILES string of the molecule is CCOCC(O)N1C(=O)OCC1Cc1ccccc1. The van der Waals surface area contributed by atoms with E-state index in [0.717, 1.165) is 5.56 Å². The van der Waals surface area contributed by atoms with Gasteiger partial charge in [-0.3, -0.25) is 4.90 Å². The lowest BCUT2D eigenvalue weighted by molar-refractivity contribution is -0.0428. The average molecular weight is 265 g/mol. The summed E-state index contributed by atoms with van der Waals surface area (Å²) in [4.78, 5) is 13.0. The lowest BCUT2D eigenvalue weighted by Gasteiger charge is -2.26. The van der Waals surface area contributed by atoms with Crippen LogP contribution >= 0.6 is 0 Å². The summed E-state index contributed by atoms with van der Waals surface area (Å²) in [7, 11) is 0. The summed E-state index contributed by atoms with van der Waals surface area (Å²) in [6, 6.07) is 9.69. The van der Waals surface area contributed by atoms with E-state index in [1.165, 1.54) is 4.90 Å². The molecule has 0 bridgehead atoms. The fourth-order valence-electron chi connectivity index (χ4n) is 2.18. The predicted octanol–water partition coefficient (Wildman–Crippen LogP) is 1.40. The molecule has 1 amide bonds. The molecule has 19 heavy (non-hydrogen) atoms. The molecule has 0 saturated carbocycles. The van der Waals surface area contributed by atoms with Gasteiger partial charge in [0, 0.05) is 6.61 Å². The van der Waals surface area contributed by atoms with Crippen LogP contribution in [0.3, 0.4) is 0 Å². The molecule has 0 aliphatic carbocycles. The number of carbonyl (C=O) groups is 1. The van der Waals surface area contributed by atoms with Gasteiger partial charge in [0.2, 0.25) is 0 Å². The van der Waals surface area contributed by atoms with E-state index in [0.29, 0.717) is 19.6 Å². The molecule has 0 aromatic heterocycles. The van der Waals surface area contributed by atoms with Crippen LogP contribution in [-0.2, 0) is 15.9 Å². The number of rotatable bonds is 6. The third kappa shape index (κ3) is 3.45. The zero-order valence-electron chi connectivity index (χ0n) is 11.0. The largest absolute Gasteiger partial charge is 0.447 e. The second kappa shape index (κ2) is 6.54. The summed E-state index contributed by atoms with van der Waals surface area (Å²) in [5.74, 6) is 0. The number of nitrogens with zero attached hydrogens (tertiary/aromatic N) is 1. The van der Waals surface area contributed by atoms with Gasteiger partial charge in [0.25, 0.3) is 0 Å². The van der Waals surface area contributed by atoms with Gasteiger partial charge in [0.1, 0.15) is 6.61 Å². The van der Waals surface area contributed by atoms with Crippen molar-refractivity contribution < 1.29 is 19.4 Å². The summed E-state index contributed by atoms with van der Waals surface area (Å²) < 4.78 is 10.2. The first-order valence-corrected chi connectivity index (χ1v) is 6.47. The molecule has 1 aromatic carbocycles. The van der Waals surface area contributed by atoms with E-state index in [1.807, 2.05) is 37.3 Å². The Hall–Kier alpha value is -1.59. The minimum absolute atomic E-state index is 0.108. The summed E-state index contributed by atoms with van der Waals surface area (Å²) in [5.41, 5.74) is 1.11. The Morgan fingerprint density at radius 3 is 2.89 bits per heavy atom. The molecular formula is C14H19NO4. The molecule has 1 aliphatic heterocycles. The van der Waals surface area contributed by atoms with Crippen LogP contribution in [0.15, 0.2) is 30.3 Å². The summed E-state index contributed by atoms with van der Waals surface area (Å²) in [6.45, 7) is 2.76. The Labute approximate surface area is 112 Å². The average Bonchev–Trinajstić information content (AvgIpc) is 2.78. The van der Waals surface area contributed by atoms with Crippen LogP contribution in [-0.4, -0.2) is 48.2 Å². The molecule has 2 atom stereocenters. The summed E-state index contributed by atoms with van der Waals surface area (Å²) in [6.07, 6.45) is -0.771. The maximum atomic E-state index is 11.7. The molecule has 0 spiro atoms. The van der Waals surface area contributed by atoms with Crippen LogP contribution in [0.1, 0.15) is 12.5 Å². The first-order valence-electron chi connectivity index (χ1n) is 6.47. The topological polar surface area (TPSA) is 59.0 Å². The van der Waals surface area contributed by atoms with Crippen molar-refractivity contribution in [1.29, 1.82) is 0 Å². The van der Waals surface area contributed by atoms with Crippen LogP contribution in [0, 0.1) is 0 Å². The number of aliphatic hydroxyl groups excluding tert-OH is 1. The van der Waals surface area contributed by atoms with Crippen LogP contribution < -0.4 is 0 Å². The predicted molar refractivity (Wildman–Crippen MR) is 69.6 cm³/mol. The number of hydrogen-bond donors (Lipinski definition) is 1. The maximum Gasteiger partial charge on any atom is 0.412 e. The Balaban J connectivity index is 2.00. The molecule has 1 N–H and O–H groups in total. The van der Waals surface area contributed by atoms with Gasteiger partial charge in [-0.15, -0.1) is 0 Å². The van der Waals surface area contributed by atoms with Gasteiger partial charge in [-0.1, -0.05) is 30.3 Å². The van der Waals surface area contributed by atoms with Crippen molar-refractivity contribution in [3.63, 3.8) is 0 Å². The molecule has 5 heteroatoms. The molecule has 1 heterocycles. The first-order chi connectivity index (χ1) is 9.22. The molecular weight excluding hydrogens is 246 g/mol. The molecule has 1 fully saturated rings. The van der Waals surface area contributed by atoms with Gasteiger partial charge in [-0.25, -0.2) is 4.79 Å². The minimum Gasteiger partial charge on any atom is -0.447 e. The van der Waals surface area contributed by atoms with Gasteiger partial charge in [0.05, 0.1) is 12.6 Å². The Kier molecular flexibility index (Phi) is 4.76. The van der Waals surface area contributed by atoms with Crippen molar-refractivity contribution >= 4 is 6.09 Å².